The number of rotatable bonds is 3. The van der Waals surface area contributed by atoms with Crippen molar-refractivity contribution in [3.63, 3.8) is 0 Å². The highest BCUT2D eigenvalue weighted by Crippen LogP contribution is 2.40. The number of carboxylic acids is 1. The van der Waals surface area contributed by atoms with Crippen molar-refractivity contribution in [2.45, 2.75) is 26.7 Å². The van der Waals surface area contributed by atoms with Crippen LogP contribution in [0.3, 0.4) is 0 Å². The van der Waals surface area contributed by atoms with E-state index in [0.717, 1.165) is 19.1 Å². The highest BCUT2D eigenvalue weighted by Gasteiger charge is 2.40. The second kappa shape index (κ2) is 3.90. The minimum absolute atomic E-state index is 0.0463. The van der Waals surface area contributed by atoms with Crippen LogP contribution in [-0.4, -0.2) is 17.4 Å². The molecule has 0 radical (unpaired) electrons. The van der Waals surface area contributed by atoms with E-state index >= 15 is 0 Å². The van der Waals surface area contributed by atoms with Crippen molar-refractivity contribution in [2.24, 2.45) is 23.7 Å². The summed E-state index contributed by atoms with van der Waals surface area (Å²) in [7, 11) is 0. The van der Waals surface area contributed by atoms with Gasteiger partial charge in [0.2, 0.25) is 0 Å². The normalized spacial score (nSPS) is 35.7. The van der Waals surface area contributed by atoms with Crippen LogP contribution < -0.4 is 0 Å². The summed E-state index contributed by atoms with van der Waals surface area (Å²) in [4.78, 5) is 21.5. The number of aliphatic carboxylic acids is 1. The van der Waals surface area contributed by atoms with Crippen molar-refractivity contribution in [3.8, 4) is 0 Å². The Morgan fingerprint density at radius 3 is 2.62 bits per heavy atom. The summed E-state index contributed by atoms with van der Waals surface area (Å²) >= 11 is 0. The van der Waals surface area contributed by atoms with Gasteiger partial charge in [-0.1, -0.05) is 13.8 Å². The molecule has 1 saturated carbocycles. The van der Waals surface area contributed by atoms with Crippen molar-refractivity contribution in [3.05, 3.63) is 0 Å². The van der Waals surface area contributed by atoms with Crippen LogP contribution in [0.5, 0.6) is 0 Å². The molecule has 0 amide bonds. The number of carbonyl (C=O) groups is 2. The molecule has 0 heterocycles. The largest absolute Gasteiger partial charge is 0.481 e. The van der Waals surface area contributed by atoms with Gasteiger partial charge in [-0.2, -0.15) is 0 Å². The van der Waals surface area contributed by atoms with Crippen LogP contribution in [0, 0.1) is 23.7 Å². The van der Waals surface area contributed by atoms with Crippen molar-refractivity contribution in [1.82, 2.24) is 0 Å². The lowest BCUT2D eigenvalue weighted by Gasteiger charge is -2.20. The molecule has 0 aromatic rings. The van der Waals surface area contributed by atoms with E-state index in [1.807, 2.05) is 13.8 Å². The monoisotopic (exact) mass is 184 g/mol. The first-order chi connectivity index (χ1) is 6.07. The molecule has 0 saturated heterocycles. The molecular formula is C10H16O3. The molecule has 0 aromatic heterocycles. The van der Waals surface area contributed by atoms with Crippen LogP contribution in [0.4, 0.5) is 0 Å². The molecule has 0 unspecified atom stereocenters. The van der Waals surface area contributed by atoms with Crippen LogP contribution >= 0.6 is 0 Å². The van der Waals surface area contributed by atoms with Crippen LogP contribution in [0.2, 0.25) is 0 Å². The number of carbonyl (C=O) groups excluding carboxylic acids is 1. The Hall–Kier alpha value is -0.860. The van der Waals surface area contributed by atoms with Gasteiger partial charge in [-0.3, -0.25) is 4.79 Å². The molecule has 1 aliphatic rings. The zero-order valence-electron chi connectivity index (χ0n) is 8.06. The number of hydrogen-bond donors (Lipinski definition) is 1. The van der Waals surface area contributed by atoms with Crippen molar-refractivity contribution < 1.29 is 14.7 Å². The second-order valence-electron chi connectivity index (χ2n) is 4.08. The number of aldehydes is 1. The van der Waals surface area contributed by atoms with E-state index in [1.165, 1.54) is 0 Å². The van der Waals surface area contributed by atoms with E-state index in [1.54, 1.807) is 0 Å². The summed E-state index contributed by atoms with van der Waals surface area (Å²) < 4.78 is 0. The van der Waals surface area contributed by atoms with Gasteiger partial charge in [-0.25, -0.2) is 0 Å². The molecule has 74 valence electrons. The number of hydrogen-bond acceptors (Lipinski definition) is 2. The third-order valence-electron chi connectivity index (χ3n) is 3.20. The minimum Gasteiger partial charge on any atom is -0.481 e. The van der Waals surface area contributed by atoms with Gasteiger partial charge in [0.1, 0.15) is 6.29 Å². The zero-order valence-corrected chi connectivity index (χ0v) is 8.06. The molecule has 0 aromatic carbocycles. The first-order valence-corrected chi connectivity index (χ1v) is 4.76. The summed E-state index contributed by atoms with van der Waals surface area (Å²) in [6, 6.07) is 0. The predicted octanol–water partition coefficient (Wildman–Crippen LogP) is 1.57. The Kier molecular flexibility index (Phi) is 3.07. The van der Waals surface area contributed by atoms with E-state index in [-0.39, 0.29) is 23.7 Å². The van der Waals surface area contributed by atoms with Crippen LogP contribution in [0.25, 0.3) is 0 Å². The quantitative estimate of drug-likeness (QED) is 0.677. The topological polar surface area (TPSA) is 54.4 Å². The zero-order chi connectivity index (χ0) is 10.0. The first-order valence-electron chi connectivity index (χ1n) is 4.76. The van der Waals surface area contributed by atoms with Gasteiger partial charge >= 0.3 is 5.97 Å². The molecule has 0 bridgehead atoms. The third kappa shape index (κ3) is 1.90. The molecule has 0 aliphatic heterocycles. The van der Waals surface area contributed by atoms with Gasteiger partial charge in [0.05, 0.1) is 5.92 Å². The lowest BCUT2D eigenvalue weighted by atomic mass is 9.83. The average molecular weight is 184 g/mol. The maximum Gasteiger partial charge on any atom is 0.307 e. The predicted molar refractivity (Wildman–Crippen MR) is 48.2 cm³/mol. The first kappa shape index (κ1) is 10.2. The van der Waals surface area contributed by atoms with Gasteiger partial charge in [0.15, 0.2) is 0 Å². The lowest BCUT2D eigenvalue weighted by Crippen LogP contribution is -2.27. The third-order valence-corrected chi connectivity index (χ3v) is 3.20. The standard InChI is InChI=1S/C10H16O3/c1-6-3-4-8(7(2)5-11)9(6)10(12)13/h5-9H,3-4H2,1-2H3,(H,12,13)/t6-,7+,8+,9-/m0/s1. The van der Waals surface area contributed by atoms with E-state index in [4.69, 9.17) is 5.11 Å². The summed E-state index contributed by atoms with van der Waals surface area (Å²) in [5.41, 5.74) is 0. The Morgan fingerprint density at radius 2 is 2.15 bits per heavy atom. The Bertz CT molecular complexity index is 212. The fourth-order valence-corrected chi connectivity index (χ4v) is 2.35. The smallest absolute Gasteiger partial charge is 0.307 e. The van der Waals surface area contributed by atoms with Gasteiger partial charge < -0.3 is 9.90 Å². The van der Waals surface area contributed by atoms with Gasteiger partial charge in [0, 0.05) is 5.92 Å². The summed E-state index contributed by atoms with van der Waals surface area (Å²) in [5, 5.41) is 8.98. The maximum absolute atomic E-state index is 10.9. The van der Waals surface area contributed by atoms with Gasteiger partial charge in [0.25, 0.3) is 0 Å². The van der Waals surface area contributed by atoms with E-state index < -0.39 is 5.97 Å². The fourth-order valence-electron chi connectivity index (χ4n) is 2.35. The van der Waals surface area contributed by atoms with E-state index in [0.29, 0.717) is 0 Å². The van der Waals surface area contributed by atoms with Crippen LogP contribution in [0.15, 0.2) is 0 Å². The molecule has 1 aliphatic carbocycles. The summed E-state index contributed by atoms with van der Waals surface area (Å²) in [6.45, 7) is 3.77. The maximum atomic E-state index is 10.9. The molecule has 13 heavy (non-hydrogen) atoms. The molecule has 1 rings (SSSR count). The molecule has 0 spiro atoms. The van der Waals surface area contributed by atoms with E-state index in [9.17, 15) is 9.59 Å². The van der Waals surface area contributed by atoms with Gasteiger partial charge in [-0.05, 0) is 24.7 Å². The van der Waals surface area contributed by atoms with Crippen molar-refractivity contribution >= 4 is 12.3 Å². The number of carboxylic acid groups (broad SMARTS) is 1. The SMILES string of the molecule is C[C@H](C=O)[C@H]1CC[C@H](C)[C@@H]1C(=O)O. The lowest BCUT2D eigenvalue weighted by molar-refractivity contribution is -0.145. The average Bonchev–Trinajstić information content (AvgIpc) is 2.45. The van der Waals surface area contributed by atoms with Crippen molar-refractivity contribution in [1.29, 1.82) is 0 Å². The molecule has 3 heteroatoms. The van der Waals surface area contributed by atoms with Crippen LogP contribution in [-0.2, 0) is 9.59 Å². The second-order valence-corrected chi connectivity index (χ2v) is 4.08. The Morgan fingerprint density at radius 1 is 1.54 bits per heavy atom. The Labute approximate surface area is 78.1 Å². The highest BCUT2D eigenvalue weighted by atomic mass is 16.4. The van der Waals surface area contributed by atoms with Gasteiger partial charge in [-0.15, -0.1) is 0 Å². The summed E-state index contributed by atoms with van der Waals surface area (Å²) in [5.74, 6) is -0.926. The fraction of sp³-hybridized carbons (Fsp3) is 0.800. The summed E-state index contributed by atoms with van der Waals surface area (Å²) in [6.07, 6.45) is 2.68. The molecule has 3 nitrogen and oxygen atoms in total. The van der Waals surface area contributed by atoms with Crippen molar-refractivity contribution in [2.75, 3.05) is 0 Å². The highest BCUT2D eigenvalue weighted by molar-refractivity contribution is 5.72. The minimum atomic E-state index is -0.747. The van der Waals surface area contributed by atoms with Crippen LogP contribution in [0.1, 0.15) is 26.7 Å². The molecule has 1 fully saturated rings. The Balaban J connectivity index is 2.75. The molecule has 4 atom stereocenters. The van der Waals surface area contributed by atoms with E-state index in [2.05, 4.69) is 0 Å². The molecule has 1 N–H and O–H groups in total. The molecular weight excluding hydrogens is 168 g/mol.